The minimum atomic E-state index is -3.55. The van der Waals surface area contributed by atoms with Gasteiger partial charge in [0, 0.05) is 41.5 Å². The Bertz CT molecular complexity index is 1390. The van der Waals surface area contributed by atoms with Crippen molar-refractivity contribution in [2.45, 2.75) is 32.0 Å². The lowest BCUT2D eigenvalue weighted by Crippen LogP contribution is -2.39. The molecule has 1 aliphatic rings. The minimum Gasteiger partial charge on any atom is -0.467 e. The maximum atomic E-state index is 13.9. The minimum absolute atomic E-state index is 0.0152. The number of hydrogen-bond donors (Lipinski definition) is 3. The van der Waals surface area contributed by atoms with Crippen LogP contribution in [0.3, 0.4) is 0 Å². The molecule has 4 rings (SSSR count). The second-order valence-corrected chi connectivity index (χ2v) is 11.7. The van der Waals surface area contributed by atoms with Crippen molar-refractivity contribution in [1.29, 1.82) is 0 Å². The molecule has 3 aromatic rings. The third kappa shape index (κ3) is 7.03. The Morgan fingerprint density at radius 1 is 1.21 bits per heavy atom. The molecule has 1 saturated heterocycles. The molecule has 9 nitrogen and oxygen atoms in total. The van der Waals surface area contributed by atoms with E-state index in [4.69, 9.17) is 33.7 Å². The summed E-state index contributed by atoms with van der Waals surface area (Å²) in [6.45, 7) is 3.39. The predicted molar refractivity (Wildman–Crippen MR) is 146 cm³/mol. The zero-order valence-electron chi connectivity index (χ0n) is 20.6. The summed E-state index contributed by atoms with van der Waals surface area (Å²) >= 11 is 12.3. The van der Waals surface area contributed by atoms with Crippen LogP contribution in [0.5, 0.6) is 5.88 Å². The first-order valence-corrected chi connectivity index (χ1v) is 14.4. The predicted octanol–water partition coefficient (Wildman–Crippen LogP) is 4.51. The van der Waals surface area contributed by atoms with Gasteiger partial charge in [-0.05, 0) is 44.0 Å². The summed E-state index contributed by atoms with van der Waals surface area (Å²) < 4.78 is 47.5. The van der Waals surface area contributed by atoms with Gasteiger partial charge in [0.1, 0.15) is 11.9 Å². The number of sulfonamides is 1. The number of piperidine rings is 1. The third-order valence-corrected chi connectivity index (χ3v) is 8.21. The summed E-state index contributed by atoms with van der Waals surface area (Å²) in [5.41, 5.74) is 7.69. The lowest BCUT2D eigenvalue weighted by Gasteiger charge is -2.29. The fourth-order valence-corrected chi connectivity index (χ4v) is 5.85. The smallest absolute Gasteiger partial charge is 0.258 e. The van der Waals surface area contributed by atoms with Gasteiger partial charge in [-0.1, -0.05) is 35.3 Å². The number of nitrogens with two attached hydrogens (primary N) is 1. The van der Waals surface area contributed by atoms with Crippen molar-refractivity contribution < 1.29 is 22.7 Å². The number of halogens is 3. The summed E-state index contributed by atoms with van der Waals surface area (Å²) in [6, 6.07) is 9.18. The van der Waals surface area contributed by atoms with Gasteiger partial charge in [-0.2, -0.15) is 0 Å². The number of benzene rings is 2. The molecular formula is C25H28Cl2FN5O4S. The number of nitrogen functional groups attached to an aromatic ring is 1. The lowest BCUT2D eigenvalue weighted by atomic mass is 10.1. The van der Waals surface area contributed by atoms with Crippen LogP contribution in [0, 0.1) is 5.82 Å². The number of aliphatic hydroxyl groups excluding tert-OH is 1. The normalized spacial score (nSPS) is 15.8. The van der Waals surface area contributed by atoms with Crippen molar-refractivity contribution in [1.82, 2.24) is 14.9 Å². The number of nitrogens with zero attached hydrogens (tertiary/aromatic N) is 3. The molecule has 0 spiro atoms. The highest BCUT2D eigenvalue weighted by atomic mass is 35.5. The molecule has 13 heteroatoms. The molecule has 0 amide bonds. The van der Waals surface area contributed by atoms with E-state index >= 15 is 0 Å². The molecule has 1 atom stereocenters. The Hall–Kier alpha value is -2.70. The average Bonchev–Trinajstić information content (AvgIpc) is 2.88. The van der Waals surface area contributed by atoms with Crippen LogP contribution in [-0.4, -0.2) is 59.9 Å². The number of aliphatic hydroxyl groups is 1. The average molecular weight is 585 g/mol. The Kier molecular flexibility index (Phi) is 8.94. The molecule has 1 fully saturated rings. The summed E-state index contributed by atoms with van der Waals surface area (Å²) in [7, 11) is -3.55. The molecule has 38 heavy (non-hydrogen) atoms. The van der Waals surface area contributed by atoms with Gasteiger partial charge in [0.25, 0.3) is 5.88 Å². The monoisotopic (exact) mass is 583 g/mol. The number of nitrogens with one attached hydrogen (secondary N) is 1. The van der Waals surface area contributed by atoms with Gasteiger partial charge in [0.15, 0.2) is 5.82 Å². The van der Waals surface area contributed by atoms with E-state index in [0.29, 0.717) is 49.4 Å². The summed E-state index contributed by atoms with van der Waals surface area (Å²) in [5, 5.41) is 9.68. The largest absolute Gasteiger partial charge is 0.467 e. The topological polar surface area (TPSA) is 131 Å². The Morgan fingerprint density at radius 3 is 2.58 bits per heavy atom. The molecule has 0 bridgehead atoms. The molecular weight excluding hydrogens is 556 g/mol. The molecule has 2 heterocycles. The molecule has 0 radical (unpaired) electrons. The highest BCUT2D eigenvalue weighted by Crippen LogP contribution is 2.36. The highest BCUT2D eigenvalue weighted by molar-refractivity contribution is 7.92. The molecule has 204 valence electrons. The van der Waals surface area contributed by atoms with Crippen LogP contribution < -0.4 is 15.2 Å². The van der Waals surface area contributed by atoms with Gasteiger partial charge >= 0.3 is 0 Å². The van der Waals surface area contributed by atoms with Gasteiger partial charge < -0.3 is 20.5 Å². The second kappa shape index (κ2) is 12.0. The number of anilines is 2. The maximum Gasteiger partial charge on any atom is 0.258 e. The number of hydrogen-bond acceptors (Lipinski definition) is 8. The number of aromatic nitrogens is 2. The van der Waals surface area contributed by atoms with Gasteiger partial charge in [-0.25, -0.2) is 22.8 Å². The van der Waals surface area contributed by atoms with Crippen LogP contribution in [0.4, 0.5) is 15.9 Å². The third-order valence-electron chi connectivity index (χ3n) is 6.23. The van der Waals surface area contributed by atoms with E-state index in [0.717, 1.165) is 0 Å². The van der Waals surface area contributed by atoms with Crippen molar-refractivity contribution in [2.75, 3.05) is 35.8 Å². The Labute approximate surface area is 230 Å². The van der Waals surface area contributed by atoms with E-state index in [1.54, 1.807) is 31.2 Å². The molecule has 0 saturated carbocycles. The van der Waals surface area contributed by atoms with Crippen molar-refractivity contribution in [3.05, 3.63) is 64.0 Å². The van der Waals surface area contributed by atoms with Crippen LogP contribution in [0.25, 0.3) is 11.3 Å². The van der Waals surface area contributed by atoms with Crippen LogP contribution in [0.15, 0.2) is 42.6 Å². The Morgan fingerprint density at radius 2 is 1.89 bits per heavy atom. The van der Waals surface area contributed by atoms with E-state index < -0.39 is 21.9 Å². The molecule has 1 aliphatic heterocycles. The standard InChI is InChI=1S/C25H28Cl2FN5O4S/c1-15(22-19(26)6-7-20(28)23(22)27)37-25-24(29)30-14-21(31-25)16-2-4-17(5-3-16)32-38(35,36)13-12-33-10-8-18(34)9-11-33/h2-7,14-15,18,32,34H,8-13H2,1H3,(H2,29,30). The number of ether oxygens (including phenoxy) is 1. The lowest BCUT2D eigenvalue weighted by molar-refractivity contribution is 0.0856. The van der Waals surface area contributed by atoms with E-state index in [1.807, 2.05) is 4.90 Å². The van der Waals surface area contributed by atoms with Gasteiger partial charge in [-0.15, -0.1) is 0 Å². The van der Waals surface area contributed by atoms with E-state index in [-0.39, 0.29) is 39.2 Å². The molecule has 1 aromatic heterocycles. The van der Waals surface area contributed by atoms with Crippen molar-refractivity contribution in [3.63, 3.8) is 0 Å². The van der Waals surface area contributed by atoms with Crippen LogP contribution in [0.1, 0.15) is 31.4 Å². The molecule has 1 unspecified atom stereocenters. The maximum absolute atomic E-state index is 13.9. The van der Waals surface area contributed by atoms with Crippen molar-refractivity contribution >= 4 is 44.7 Å². The van der Waals surface area contributed by atoms with Gasteiger partial charge in [-0.3, -0.25) is 4.72 Å². The first-order valence-electron chi connectivity index (χ1n) is 12.0. The number of rotatable bonds is 9. The van der Waals surface area contributed by atoms with Crippen molar-refractivity contribution in [2.24, 2.45) is 0 Å². The first kappa shape index (κ1) is 28.3. The van der Waals surface area contributed by atoms with E-state index in [9.17, 15) is 17.9 Å². The van der Waals surface area contributed by atoms with Gasteiger partial charge in [0.05, 0.1) is 28.8 Å². The van der Waals surface area contributed by atoms with E-state index in [1.165, 1.54) is 18.3 Å². The summed E-state index contributed by atoms with van der Waals surface area (Å²) in [4.78, 5) is 10.6. The quantitative estimate of drug-likeness (QED) is 0.313. The fraction of sp³-hybridized carbons (Fsp3) is 0.360. The summed E-state index contributed by atoms with van der Waals surface area (Å²) in [5.74, 6) is -0.637. The summed E-state index contributed by atoms with van der Waals surface area (Å²) in [6.07, 6.45) is 1.69. The molecule has 0 aliphatic carbocycles. The fourth-order valence-electron chi connectivity index (χ4n) is 4.08. The van der Waals surface area contributed by atoms with Crippen LogP contribution >= 0.6 is 23.2 Å². The van der Waals surface area contributed by atoms with Crippen molar-refractivity contribution in [3.8, 4) is 17.1 Å². The zero-order valence-corrected chi connectivity index (χ0v) is 22.9. The zero-order chi connectivity index (χ0) is 27.4. The highest BCUT2D eigenvalue weighted by Gasteiger charge is 2.22. The van der Waals surface area contributed by atoms with Crippen LogP contribution in [-0.2, 0) is 10.0 Å². The van der Waals surface area contributed by atoms with Crippen LogP contribution in [0.2, 0.25) is 10.0 Å². The Balaban J connectivity index is 1.42. The molecule has 4 N–H and O–H groups in total. The van der Waals surface area contributed by atoms with E-state index in [2.05, 4.69) is 14.7 Å². The van der Waals surface area contributed by atoms with Gasteiger partial charge in [0.2, 0.25) is 10.0 Å². The SMILES string of the molecule is CC(Oc1nc(-c2ccc(NS(=O)(=O)CCN3CCC(O)CC3)cc2)cnc1N)c1c(Cl)ccc(F)c1Cl. The second-order valence-electron chi connectivity index (χ2n) is 9.03. The first-order chi connectivity index (χ1) is 18.0. The molecule has 2 aromatic carbocycles. The number of likely N-dealkylation sites (tertiary alicyclic amines) is 1.